The number of nitrogen functional groups attached to an aromatic ring is 1. The number of thiophene rings is 1. The van der Waals surface area contributed by atoms with E-state index in [9.17, 15) is 14.4 Å². The summed E-state index contributed by atoms with van der Waals surface area (Å²) < 4.78 is 0. The van der Waals surface area contributed by atoms with Crippen molar-refractivity contribution in [2.24, 2.45) is 5.92 Å². The highest BCUT2D eigenvalue weighted by atomic mass is 35.5. The summed E-state index contributed by atoms with van der Waals surface area (Å²) in [5.41, 5.74) is 11.6. The van der Waals surface area contributed by atoms with Gasteiger partial charge in [0, 0.05) is 81.7 Å². The van der Waals surface area contributed by atoms with E-state index in [0.717, 1.165) is 28.9 Å². The van der Waals surface area contributed by atoms with Crippen molar-refractivity contribution in [1.82, 2.24) is 19.7 Å². The van der Waals surface area contributed by atoms with Gasteiger partial charge in [-0.1, -0.05) is 17.7 Å². The number of pyridine rings is 1. The predicted molar refractivity (Wildman–Crippen MR) is 179 cm³/mol. The van der Waals surface area contributed by atoms with E-state index < -0.39 is 5.92 Å². The first-order chi connectivity index (χ1) is 21.8. The molecule has 3 aliphatic rings. The molecule has 0 saturated carbocycles. The van der Waals surface area contributed by atoms with Gasteiger partial charge >= 0.3 is 6.03 Å². The van der Waals surface area contributed by atoms with Crippen LogP contribution >= 0.6 is 22.9 Å². The van der Waals surface area contributed by atoms with Gasteiger partial charge in [0.2, 0.25) is 11.8 Å². The number of hydrogen-bond acceptors (Lipinski definition) is 7. The molecule has 3 aliphatic heterocycles. The molecule has 0 radical (unpaired) electrons. The van der Waals surface area contributed by atoms with Crippen molar-refractivity contribution in [2.75, 3.05) is 61.8 Å². The number of benzene rings is 1. The number of carbonyl (C=O) groups is 3. The first-order valence-electron chi connectivity index (χ1n) is 15.7. The smallest absolute Gasteiger partial charge is 0.322 e. The van der Waals surface area contributed by atoms with Gasteiger partial charge in [0.15, 0.2) is 0 Å². The van der Waals surface area contributed by atoms with Gasteiger partial charge in [-0.15, -0.1) is 11.3 Å². The molecule has 5 heterocycles. The average Bonchev–Trinajstić information content (AvgIpc) is 3.43. The van der Waals surface area contributed by atoms with Crippen LogP contribution in [0.15, 0.2) is 47.4 Å². The molecule has 1 atom stereocenters. The normalized spacial score (nSPS) is 18.3. The van der Waals surface area contributed by atoms with Gasteiger partial charge < -0.3 is 30.7 Å². The van der Waals surface area contributed by atoms with Crippen LogP contribution in [0.25, 0.3) is 0 Å². The molecule has 0 unspecified atom stereocenters. The molecule has 3 N–H and O–H groups in total. The topological polar surface area (TPSA) is 115 Å². The van der Waals surface area contributed by atoms with Crippen molar-refractivity contribution in [3.8, 4) is 0 Å². The molecule has 2 saturated heterocycles. The average molecular weight is 650 g/mol. The number of fused-ring (bicyclic) bond motifs is 1. The summed E-state index contributed by atoms with van der Waals surface area (Å²) in [7, 11) is 0. The third-order valence-corrected chi connectivity index (χ3v) is 10.5. The monoisotopic (exact) mass is 649 g/mol. The number of piperazine rings is 1. The molecule has 0 aliphatic carbocycles. The van der Waals surface area contributed by atoms with Crippen LogP contribution in [0.1, 0.15) is 36.0 Å². The van der Waals surface area contributed by atoms with Crippen molar-refractivity contribution in [3.05, 3.63) is 69.1 Å². The Morgan fingerprint density at radius 3 is 2.49 bits per heavy atom. The van der Waals surface area contributed by atoms with Crippen LogP contribution in [0.5, 0.6) is 0 Å². The number of halogens is 1. The number of hydrogen-bond donors (Lipinski definition) is 2. The summed E-state index contributed by atoms with van der Waals surface area (Å²) in [6.07, 6.45) is 6.34. The first kappa shape index (κ1) is 31.2. The molecule has 6 rings (SSSR count). The minimum Gasteiger partial charge on any atom is -0.397 e. The van der Waals surface area contributed by atoms with E-state index in [2.05, 4.69) is 20.6 Å². The van der Waals surface area contributed by atoms with Gasteiger partial charge in [0.05, 0.1) is 22.3 Å². The Labute approximate surface area is 273 Å². The van der Waals surface area contributed by atoms with Gasteiger partial charge in [-0.05, 0) is 72.9 Å². The second-order valence-corrected chi connectivity index (χ2v) is 13.4. The molecule has 12 heteroatoms. The zero-order chi connectivity index (χ0) is 31.5. The Hall–Kier alpha value is -3.83. The molecule has 4 amide bonds. The van der Waals surface area contributed by atoms with Crippen LogP contribution in [0.3, 0.4) is 0 Å². The van der Waals surface area contributed by atoms with Crippen LogP contribution in [0.4, 0.5) is 21.9 Å². The van der Waals surface area contributed by atoms with Gasteiger partial charge in [0.25, 0.3) is 0 Å². The van der Waals surface area contributed by atoms with Crippen LogP contribution in [-0.4, -0.2) is 89.4 Å². The lowest BCUT2D eigenvalue weighted by molar-refractivity contribution is -0.142. The first-order valence-corrected chi connectivity index (χ1v) is 17.0. The summed E-state index contributed by atoms with van der Waals surface area (Å²) in [6, 6.07) is 7.75. The maximum Gasteiger partial charge on any atom is 0.322 e. The number of aryl methyl sites for hydroxylation is 1. The van der Waals surface area contributed by atoms with E-state index in [0.29, 0.717) is 75.8 Å². The number of amides is 4. The molecule has 2 fully saturated rings. The lowest BCUT2D eigenvalue weighted by Gasteiger charge is -2.39. The zero-order valence-electron chi connectivity index (χ0n) is 25.6. The third kappa shape index (κ3) is 7.04. The number of likely N-dealkylation sites (tertiary alicyclic amines) is 1. The molecule has 1 aromatic carbocycles. The zero-order valence-corrected chi connectivity index (χ0v) is 27.2. The highest BCUT2D eigenvalue weighted by Gasteiger charge is 2.34. The summed E-state index contributed by atoms with van der Waals surface area (Å²) in [5.74, 6) is -0.550. The van der Waals surface area contributed by atoms with Gasteiger partial charge in [-0.25, -0.2) is 4.79 Å². The highest BCUT2D eigenvalue weighted by molar-refractivity contribution is 7.08. The fourth-order valence-electron chi connectivity index (χ4n) is 6.75. The molecular formula is C33H40ClN7O3S. The molecule has 2 aromatic heterocycles. The number of nitrogens with zero attached hydrogens (tertiary/aromatic N) is 5. The molecule has 3 aromatic rings. The number of rotatable bonds is 7. The van der Waals surface area contributed by atoms with Crippen LogP contribution in [0, 0.1) is 12.8 Å². The quantitative estimate of drug-likeness (QED) is 0.360. The predicted octanol–water partition coefficient (Wildman–Crippen LogP) is 4.67. The van der Waals surface area contributed by atoms with Gasteiger partial charge in [-0.2, -0.15) is 0 Å². The minimum absolute atomic E-state index is 0.00762. The van der Waals surface area contributed by atoms with Gasteiger partial charge in [0.1, 0.15) is 0 Å². The van der Waals surface area contributed by atoms with Crippen molar-refractivity contribution in [3.63, 3.8) is 0 Å². The summed E-state index contributed by atoms with van der Waals surface area (Å²) in [5, 5.41) is 7.59. The van der Waals surface area contributed by atoms with E-state index in [1.54, 1.807) is 23.7 Å². The van der Waals surface area contributed by atoms with Crippen molar-refractivity contribution in [1.29, 1.82) is 0 Å². The highest BCUT2D eigenvalue weighted by Crippen LogP contribution is 2.30. The van der Waals surface area contributed by atoms with E-state index in [4.69, 9.17) is 17.3 Å². The Kier molecular flexibility index (Phi) is 9.46. The van der Waals surface area contributed by atoms with Crippen LogP contribution in [0.2, 0.25) is 5.02 Å². The minimum atomic E-state index is -0.517. The number of nitrogens with one attached hydrogen (secondary N) is 1. The molecule has 0 spiro atoms. The number of aromatic nitrogens is 1. The number of carbonyl (C=O) groups excluding carboxylic acids is 3. The second-order valence-electron chi connectivity index (χ2n) is 12.2. The lowest BCUT2D eigenvalue weighted by Crippen LogP contribution is -2.52. The maximum absolute atomic E-state index is 14.0. The Morgan fingerprint density at radius 1 is 1.04 bits per heavy atom. The van der Waals surface area contributed by atoms with Crippen LogP contribution in [-0.2, 0) is 22.4 Å². The Bertz CT molecular complexity index is 1510. The van der Waals surface area contributed by atoms with E-state index >= 15 is 0 Å². The lowest BCUT2D eigenvalue weighted by atomic mass is 9.92. The molecule has 238 valence electrons. The van der Waals surface area contributed by atoms with Crippen molar-refractivity contribution < 1.29 is 14.4 Å². The second kappa shape index (κ2) is 13.7. The number of piperidine rings is 1. The standard InChI is InChI=1S/C33H40ClN7O3S/c1-22-16-23(18-28(34)31(22)35)17-25(32(43)40-14-12-38(13-15-40)26-2-7-36-8-3-26)19-30(42)39-9-5-27(6-10-39)41-11-4-24-20-45-21-29(24)37-33(41)44/h2-3,7-8,16,18,20-21,25,27H,4-6,9-15,17,19,35H2,1H3,(H,37,44)/t25-/m0/s1. The maximum atomic E-state index is 14.0. The summed E-state index contributed by atoms with van der Waals surface area (Å²) >= 11 is 8.02. The largest absolute Gasteiger partial charge is 0.397 e. The third-order valence-electron chi connectivity index (χ3n) is 9.39. The summed E-state index contributed by atoms with van der Waals surface area (Å²) in [6.45, 7) is 6.30. The van der Waals surface area contributed by atoms with Crippen molar-refractivity contribution in [2.45, 2.75) is 45.1 Å². The molecule has 45 heavy (non-hydrogen) atoms. The van der Waals surface area contributed by atoms with Crippen LogP contribution < -0.4 is 16.0 Å². The molecule has 0 bridgehead atoms. The van der Waals surface area contributed by atoms with E-state index in [-0.39, 0.29) is 30.3 Å². The summed E-state index contributed by atoms with van der Waals surface area (Å²) in [4.78, 5) is 52.8. The van der Waals surface area contributed by atoms with Gasteiger partial charge in [-0.3, -0.25) is 14.6 Å². The fourth-order valence-corrected chi connectivity index (χ4v) is 7.86. The molecule has 10 nitrogen and oxygen atoms in total. The number of anilines is 3. The van der Waals surface area contributed by atoms with E-state index in [1.807, 2.05) is 51.3 Å². The Morgan fingerprint density at radius 2 is 1.78 bits per heavy atom. The fraction of sp³-hybridized carbons (Fsp3) is 0.455. The Balaban J connectivity index is 1.10. The number of nitrogens with two attached hydrogens (primary N) is 1. The SMILES string of the molecule is Cc1cc(C[C@@H](CC(=O)N2CCC(N3CCc4cscc4NC3=O)CC2)C(=O)N2CCN(c3ccncc3)CC2)cc(Cl)c1N. The molecular weight excluding hydrogens is 610 g/mol. The van der Waals surface area contributed by atoms with Crippen molar-refractivity contribution >= 4 is 57.8 Å². The van der Waals surface area contributed by atoms with E-state index in [1.165, 1.54) is 5.56 Å². The number of urea groups is 1.